The third-order valence-electron chi connectivity index (χ3n) is 4.78. The van der Waals surface area contributed by atoms with Gasteiger partial charge in [-0.05, 0) is 61.1 Å². The first kappa shape index (κ1) is 15.6. The molecule has 1 aliphatic carbocycles. The van der Waals surface area contributed by atoms with Crippen LogP contribution in [0.2, 0.25) is 0 Å². The molecule has 0 saturated heterocycles. The van der Waals surface area contributed by atoms with E-state index in [-0.39, 0.29) is 5.69 Å². The summed E-state index contributed by atoms with van der Waals surface area (Å²) >= 11 is 0. The third-order valence-corrected chi connectivity index (χ3v) is 4.78. The molecule has 1 unspecified atom stereocenters. The van der Waals surface area contributed by atoms with Crippen LogP contribution in [0.1, 0.15) is 30.3 Å². The molecule has 1 atom stereocenters. The van der Waals surface area contributed by atoms with Crippen LogP contribution in [0.3, 0.4) is 0 Å². The number of aromatic nitrogens is 2. The number of nitrogens with two attached hydrogens (primary N) is 1. The summed E-state index contributed by atoms with van der Waals surface area (Å²) in [5.41, 5.74) is 9.50. The van der Waals surface area contributed by atoms with Crippen molar-refractivity contribution in [1.82, 2.24) is 10.2 Å². The lowest BCUT2D eigenvalue weighted by molar-refractivity contribution is 0.0995. The van der Waals surface area contributed by atoms with Gasteiger partial charge in [0.05, 0.1) is 5.52 Å². The summed E-state index contributed by atoms with van der Waals surface area (Å²) in [6, 6.07) is 16.6. The molecule has 126 valence electrons. The molecular formula is C20H20N4O. The number of fused-ring (bicyclic) bond motifs is 1. The molecule has 4 rings (SSSR count). The third kappa shape index (κ3) is 3.31. The Balaban J connectivity index is 1.58. The largest absolute Gasteiger partial charge is 0.382 e. The molecule has 3 aromatic rings. The van der Waals surface area contributed by atoms with E-state index in [0.717, 1.165) is 33.6 Å². The van der Waals surface area contributed by atoms with Crippen LogP contribution in [0.25, 0.3) is 22.0 Å². The monoisotopic (exact) mass is 332 g/mol. The lowest BCUT2D eigenvalue weighted by Crippen LogP contribution is -2.16. The van der Waals surface area contributed by atoms with Crippen molar-refractivity contribution < 1.29 is 4.79 Å². The minimum Gasteiger partial charge on any atom is -0.382 e. The molecule has 1 amide bonds. The average molecular weight is 332 g/mol. The van der Waals surface area contributed by atoms with Crippen LogP contribution in [-0.2, 0) is 0 Å². The van der Waals surface area contributed by atoms with E-state index in [0.29, 0.717) is 6.04 Å². The molecule has 1 fully saturated rings. The van der Waals surface area contributed by atoms with Crippen LogP contribution < -0.4 is 11.1 Å². The van der Waals surface area contributed by atoms with Crippen molar-refractivity contribution in [3.63, 3.8) is 0 Å². The lowest BCUT2D eigenvalue weighted by Gasteiger charge is -2.14. The molecule has 3 N–H and O–H groups in total. The minimum absolute atomic E-state index is 0.181. The fourth-order valence-electron chi connectivity index (χ4n) is 3.07. The number of carbonyl (C=O) groups is 1. The van der Waals surface area contributed by atoms with E-state index in [1.807, 2.05) is 18.2 Å². The molecule has 0 spiro atoms. The SMILES string of the molecule is CC(Nc1ccc(-c2ccc3cc(C(N)=O)nnc3c2)cc1)C1CC1. The van der Waals surface area contributed by atoms with E-state index in [2.05, 4.69) is 46.7 Å². The number of anilines is 1. The summed E-state index contributed by atoms with van der Waals surface area (Å²) in [7, 11) is 0. The van der Waals surface area contributed by atoms with Gasteiger partial charge in [-0.3, -0.25) is 4.79 Å². The molecule has 1 heterocycles. The van der Waals surface area contributed by atoms with Crippen molar-refractivity contribution in [1.29, 1.82) is 0 Å². The Labute approximate surface area is 146 Å². The standard InChI is InChI=1S/C20H20N4O/c1-12(13-2-3-13)22-17-8-6-14(7-9-17)15-4-5-16-11-19(20(21)25)24-23-18(16)10-15/h4-13,22H,2-3H2,1H3,(H2,21,25). The van der Waals surface area contributed by atoms with Crippen molar-refractivity contribution in [2.75, 3.05) is 5.32 Å². The smallest absolute Gasteiger partial charge is 0.269 e. The number of carbonyl (C=O) groups excluding carboxylic acids is 1. The van der Waals surface area contributed by atoms with E-state index < -0.39 is 5.91 Å². The van der Waals surface area contributed by atoms with Crippen LogP contribution in [0.15, 0.2) is 48.5 Å². The van der Waals surface area contributed by atoms with Gasteiger partial charge in [0.25, 0.3) is 5.91 Å². The number of amides is 1. The van der Waals surface area contributed by atoms with Crippen molar-refractivity contribution in [3.05, 3.63) is 54.2 Å². The number of rotatable bonds is 5. The molecule has 5 heteroatoms. The Morgan fingerprint density at radius 3 is 2.48 bits per heavy atom. The van der Waals surface area contributed by atoms with E-state index in [4.69, 9.17) is 5.73 Å². The van der Waals surface area contributed by atoms with Gasteiger partial charge in [-0.25, -0.2) is 0 Å². The maximum absolute atomic E-state index is 11.2. The van der Waals surface area contributed by atoms with E-state index in [1.165, 1.54) is 12.8 Å². The van der Waals surface area contributed by atoms with Gasteiger partial charge in [0.1, 0.15) is 0 Å². The van der Waals surface area contributed by atoms with Gasteiger partial charge in [-0.15, -0.1) is 10.2 Å². The molecule has 2 aromatic carbocycles. The van der Waals surface area contributed by atoms with Crippen LogP contribution in [0.5, 0.6) is 0 Å². The summed E-state index contributed by atoms with van der Waals surface area (Å²) in [4.78, 5) is 11.2. The Bertz CT molecular complexity index is 932. The zero-order valence-corrected chi connectivity index (χ0v) is 14.1. The normalized spacial score (nSPS) is 15.1. The van der Waals surface area contributed by atoms with Crippen molar-refractivity contribution in [2.45, 2.75) is 25.8 Å². The molecule has 1 aliphatic rings. The van der Waals surface area contributed by atoms with Gasteiger partial charge >= 0.3 is 0 Å². The van der Waals surface area contributed by atoms with Crippen molar-refractivity contribution in [3.8, 4) is 11.1 Å². The number of hydrogen-bond acceptors (Lipinski definition) is 4. The summed E-state index contributed by atoms with van der Waals surface area (Å²) in [5.74, 6) is 0.256. The van der Waals surface area contributed by atoms with Crippen LogP contribution in [0.4, 0.5) is 5.69 Å². The highest BCUT2D eigenvalue weighted by atomic mass is 16.1. The summed E-state index contributed by atoms with van der Waals surface area (Å²) in [6.45, 7) is 2.24. The van der Waals surface area contributed by atoms with Gasteiger partial charge in [-0.2, -0.15) is 0 Å². The number of primary amides is 1. The average Bonchev–Trinajstić information content (AvgIpc) is 3.46. The molecule has 5 nitrogen and oxygen atoms in total. The lowest BCUT2D eigenvalue weighted by atomic mass is 10.0. The molecule has 0 bridgehead atoms. The molecule has 0 radical (unpaired) electrons. The summed E-state index contributed by atoms with van der Waals surface area (Å²) in [5, 5.41) is 12.4. The predicted octanol–water partition coefficient (Wildman–Crippen LogP) is 3.61. The maximum Gasteiger partial charge on any atom is 0.269 e. The first-order chi connectivity index (χ1) is 12.1. The highest BCUT2D eigenvalue weighted by Crippen LogP contribution is 2.34. The van der Waals surface area contributed by atoms with Gasteiger partial charge in [0.2, 0.25) is 0 Å². The summed E-state index contributed by atoms with van der Waals surface area (Å²) < 4.78 is 0. The predicted molar refractivity (Wildman–Crippen MR) is 99.3 cm³/mol. The Morgan fingerprint density at radius 2 is 1.80 bits per heavy atom. The van der Waals surface area contributed by atoms with E-state index >= 15 is 0 Å². The molecular weight excluding hydrogens is 312 g/mol. The van der Waals surface area contributed by atoms with Gasteiger partial charge in [0.15, 0.2) is 5.69 Å². The number of hydrogen-bond donors (Lipinski definition) is 2. The first-order valence-corrected chi connectivity index (χ1v) is 8.54. The van der Waals surface area contributed by atoms with E-state index in [1.54, 1.807) is 6.07 Å². The Kier molecular flexibility index (Phi) is 3.84. The number of nitrogens with one attached hydrogen (secondary N) is 1. The molecule has 1 saturated carbocycles. The zero-order chi connectivity index (χ0) is 17.4. The second-order valence-corrected chi connectivity index (χ2v) is 6.72. The number of benzene rings is 2. The Hall–Kier alpha value is -2.95. The second-order valence-electron chi connectivity index (χ2n) is 6.72. The summed E-state index contributed by atoms with van der Waals surface area (Å²) in [6.07, 6.45) is 2.67. The highest BCUT2D eigenvalue weighted by Gasteiger charge is 2.27. The molecule has 25 heavy (non-hydrogen) atoms. The maximum atomic E-state index is 11.2. The van der Waals surface area contributed by atoms with Gasteiger partial charge in [-0.1, -0.05) is 24.3 Å². The quantitative estimate of drug-likeness (QED) is 0.748. The van der Waals surface area contributed by atoms with Crippen molar-refractivity contribution >= 4 is 22.5 Å². The van der Waals surface area contributed by atoms with E-state index in [9.17, 15) is 4.79 Å². The highest BCUT2D eigenvalue weighted by molar-refractivity contribution is 5.94. The topological polar surface area (TPSA) is 80.9 Å². The fraction of sp³-hybridized carbons (Fsp3) is 0.250. The van der Waals surface area contributed by atoms with Crippen molar-refractivity contribution in [2.24, 2.45) is 11.7 Å². The Morgan fingerprint density at radius 1 is 1.08 bits per heavy atom. The van der Waals surface area contributed by atoms with Gasteiger partial charge < -0.3 is 11.1 Å². The second kappa shape index (κ2) is 6.16. The molecule has 0 aliphatic heterocycles. The first-order valence-electron chi connectivity index (χ1n) is 8.54. The van der Waals surface area contributed by atoms with Crippen LogP contribution in [-0.4, -0.2) is 22.1 Å². The fourth-order valence-corrected chi connectivity index (χ4v) is 3.07. The van der Waals surface area contributed by atoms with Crippen LogP contribution in [0, 0.1) is 5.92 Å². The van der Waals surface area contributed by atoms with Crippen LogP contribution >= 0.6 is 0 Å². The zero-order valence-electron chi connectivity index (χ0n) is 14.1. The van der Waals surface area contributed by atoms with Gasteiger partial charge in [0, 0.05) is 17.1 Å². The molecule has 1 aromatic heterocycles. The number of nitrogens with zero attached hydrogens (tertiary/aromatic N) is 2. The minimum atomic E-state index is -0.568.